The summed E-state index contributed by atoms with van der Waals surface area (Å²) in [5.74, 6) is -0.443. The van der Waals surface area contributed by atoms with Crippen LogP contribution in [0.2, 0.25) is 0 Å². The number of esters is 1. The minimum absolute atomic E-state index is 0.0800. The van der Waals surface area contributed by atoms with Crippen LogP contribution in [0.4, 0.5) is 5.69 Å². The maximum Gasteiger partial charge on any atom is 0.331 e. The van der Waals surface area contributed by atoms with Gasteiger partial charge in [-0.25, -0.2) is 4.79 Å². The Labute approximate surface area is 150 Å². The van der Waals surface area contributed by atoms with E-state index in [0.29, 0.717) is 16.9 Å². The SMILES string of the molecule is COc1ccc(C(=O)[C@@H](C)OC(=O)/C=C/c2cccc([N+](=O)[O-])c2)cc1. The van der Waals surface area contributed by atoms with Crippen LogP contribution in [0, 0.1) is 10.1 Å². The summed E-state index contributed by atoms with van der Waals surface area (Å²) in [6.45, 7) is 1.48. The molecule has 0 radical (unpaired) electrons. The summed E-state index contributed by atoms with van der Waals surface area (Å²) in [5.41, 5.74) is 0.794. The van der Waals surface area contributed by atoms with Crippen molar-refractivity contribution in [1.82, 2.24) is 0 Å². The van der Waals surface area contributed by atoms with E-state index in [1.807, 2.05) is 0 Å². The monoisotopic (exact) mass is 355 g/mol. The Morgan fingerprint density at radius 1 is 1.15 bits per heavy atom. The van der Waals surface area contributed by atoms with Crippen molar-refractivity contribution in [2.24, 2.45) is 0 Å². The van der Waals surface area contributed by atoms with Crippen LogP contribution in [-0.2, 0) is 9.53 Å². The molecule has 0 saturated carbocycles. The molecule has 2 rings (SSSR count). The van der Waals surface area contributed by atoms with Gasteiger partial charge in [0.2, 0.25) is 5.78 Å². The predicted molar refractivity (Wildman–Crippen MR) is 95.0 cm³/mol. The Morgan fingerprint density at radius 2 is 1.85 bits per heavy atom. The second-order valence-electron chi connectivity index (χ2n) is 5.36. The zero-order valence-electron chi connectivity index (χ0n) is 14.2. The van der Waals surface area contributed by atoms with E-state index in [1.54, 1.807) is 30.3 Å². The molecule has 0 aliphatic rings. The first-order chi connectivity index (χ1) is 12.4. The standard InChI is InChI=1S/C19H17NO6/c1-13(19(22)15-7-9-17(25-2)10-8-15)26-18(21)11-6-14-4-3-5-16(12-14)20(23)24/h3-13H,1-2H3/b11-6+/t13-/m1/s1. The number of hydrogen-bond acceptors (Lipinski definition) is 6. The van der Waals surface area contributed by atoms with Crippen molar-refractivity contribution in [1.29, 1.82) is 0 Å². The first-order valence-corrected chi connectivity index (χ1v) is 7.72. The van der Waals surface area contributed by atoms with Crippen molar-refractivity contribution in [3.05, 3.63) is 75.8 Å². The van der Waals surface area contributed by atoms with Crippen LogP contribution < -0.4 is 4.74 Å². The highest BCUT2D eigenvalue weighted by molar-refractivity contribution is 6.01. The third-order valence-electron chi connectivity index (χ3n) is 3.53. The third-order valence-corrected chi connectivity index (χ3v) is 3.53. The Hall–Kier alpha value is -3.48. The van der Waals surface area contributed by atoms with Gasteiger partial charge in [-0.3, -0.25) is 14.9 Å². The number of non-ortho nitro benzene ring substituents is 1. The number of methoxy groups -OCH3 is 1. The molecule has 7 heteroatoms. The van der Waals surface area contributed by atoms with Crippen LogP contribution in [0.25, 0.3) is 6.08 Å². The number of carbonyl (C=O) groups is 2. The van der Waals surface area contributed by atoms with Gasteiger partial charge in [-0.1, -0.05) is 12.1 Å². The third kappa shape index (κ3) is 5.01. The highest BCUT2D eigenvalue weighted by Crippen LogP contribution is 2.15. The van der Waals surface area contributed by atoms with Crippen LogP contribution in [-0.4, -0.2) is 29.9 Å². The fourth-order valence-electron chi connectivity index (χ4n) is 2.16. The number of nitro benzene ring substituents is 1. The summed E-state index contributed by atoms with van der Waals surface area (Å²) in [7, 11) is 1.52. The average molecular weight is 355 g/mol. The lowest BCUT2D eigenvalue weighted by Crippen LogP contribution is -2.23. The number of hydrogen-bond donors (Lipinski definition) is 0. The van der Waals surface area contributed by atoms with E-state index >= 15 is 0 Å². The molecule has 2 aromatic rings. The minimum Gasteiger partial charge on any atom is -0.497 e. The lowest BCUT2D eigenvalue weighted by atomic mass is 10.1. The Kier molecular flexibility index (Phi) is 6.21. The molecule has 0 aromatic heterocycles. The molecule has 0 unspecified atom stereocenters. The minimum atomic E-state index is -0.967. The smallest absolute Gasteiger partial charge is 0.331 e. The van der Waals surface area contributed by atoms with Crippen molar-refractivity contribution in [3.63, 3.8) is 0 Å². The summed E-state index contributed by atoms with van der Waals surface area (Å²) < 4.78 is 10.1. The van der Waals surface area contributed by atoms with E-state index in [9.17, 15) is 19.7 Å². The van der Waals surface area contributed by atoms with Crippen molar-refractivity contribution in [2.75, 3.05) is 7.11 Å². The number of ether oxygens (including phenoxy) is 2. The number of Topliss-reactive ketones (excluding diaryl/α,β-unsaturated/α-hetero) is 1. The Balaban J connectivity index is 1.98. The molecule has 0 heterocycles. The lowest BCUT2D eigenvalue weighted by Gasteiger charge is -2.11. The summed E-state index contributed by atoms with van der Waals surface area (Å²) in [6.07, 6.45) is 1.54. The summed E-state index contributed by atoms with van der Waals surface area (Å²) >= 11 is 0. The molecule has 0 amide bonds. The largest absolute Gasteiger partial charge is 0.497 e. The summed E-state index contributed by atoms with van der Waals surface area (Å²) in [6, 6.07) is 12.3. The maximum absolute atomic E-state index is 12.3. The molecule has 7 nitrogen and oxygen atoms in total. The van der Waals surface area contributed by atoms with Crippen LogP contribution >= 0.6 is 0 Å². The van der Waals surface area contributed by atoms with Gasteiger partial charge in [0.05, 0.1) is 12.0 Å². The van der Waals surface area contributed by atoms with Crippen LogP contribution in [0.5, 0.6) is 5.75 Å². The number of ketones is 1. The fourth-order valence-corrected chi connectivity index (χ4v) is 2.16. The number of nitro groups is 1. The Morgan fingerprint density at radius 3 is 2.46 bits per heavy atom. The fraction of sp³-hybridized carbons (Fsp3) is 0.158. The second kappa shape index (κ2) is 8.57. The van der Waals surface area contributed by atoms with Gasteiger partial charge in [0.25, 0.3) is 5.69 Å². The molecule has 26 heavy (non-hydrogen) atoms. The van der Waals surface area contributed by atoms with E-state index < -0.39 is 17.0 Å². The van der Waals surface area contributed by atoms with Gasteiger partial charge < -0.3 is 9.47 Å². The van der Waals surface area contributed by atoms with Gasteiger partial charge in [-0.15, -0.1) is 0 Å². The molecule has 0 fully saturated rings. The predicted octanol–water partition coefficient (Wildman–Crippen LogP) is 3.43. The summed E-state index contributed by atoms with van der Waals surface area (Å²) in [5, 5.41) is 10.7. The number of rotatable bonds is 7. The zero-order chi connectivity index (χ0) is 19.1. The molecule has 134 valence electrons. The molecular formula is C19H17NO6. The van der Waals surface area contributed by atoms with Crippen molar-refractivity contribution in [2.45, 2.75) is 13.0 Å². The van der Waals surface area contributed by atoms with Crippen LogP contribution in [0.15, 0.2) is 54.6 Å². The van der Waals surface area contributed by atoms with Gasteiger partial charge in [-0.05, 0) is 42.8 Å². The van der Waals surface area contributed by atoms with Crippen LogP contribution in [0.3, 0.4) is 0 Å². The average Bonchev–Trinajstić information content (AvgIpc) is 2.66. The molecular weight excluding hydrogens is 338 g/mol. The van der Waals surface area contributed by atoms with Crippen molar-refractivity contribution in [3.8, 4) is 5.75 Å². The molecule has 0 saturated heterocycles. The van der Waals surface area contributed by atoms with E-state index in [0.717, 1.165) is 6.08 Å². The van der Waals surface area contributed by atoms with Gasteiger partial charge in [-0.2, -0.15) is 0 Å². The second-order valence-corrected chi connectivity index (χ2v) is 5.36. The first kappa shape index (κ1) is 18.9. The topological polar surface area (TPSA) is 95.7 Å². The van der Waals surface area contributed by atoms with Gasteiger partial charge in [0, 0.05) is 23.8 Å². The lowest BCUT2D eigenvalue weighted by molar-refractivity contribution is -0.384. The number of carbonyl (C=O) groups excluding carboxylic acids is 2. The zero-order valence-corrected chi connectivity index (χ0v) is 14.2. The molecule has 0 aliphatic carbocycles. The van der Waals surface area contributed by atoms with E-state index in [-0.39, 0.29) is 11.5 Å². The molecule has 0 aliphatic heterocycles. The number of benzene rings is 2. The van der Waals surface area contributed by atoms with Gasteiger partial charge >= 0.3 is 5.97 Å². The van der Waals surface area contributed by atoms with E-state index in [1.165, 1.54) is 38.3 Å². The van der Waals surface area contributed by atoms with Gasteiger partial charge in [0.1, 0.15) is 5.75 Å². The maximum atomic E-state index is 12.3. The highest BCUT2D eigenvalue weighted by atomic mass is 16.6. The normalized spacial score (nSPS) is 11.8. The Bertz CT molecular complexity index is 841. The molecule has 1 atom stereocenters. The molecule has 0 spiro atoms. The summed E-state index contributed by atoms with van der Waals surface area (Å²) in [4.78, 5) is 34.3. The molecule has 0 N–H and O–H groups in total. The van der Waals surface area contributed by atoms with E-state index in [4.69, 9.17) is 9.47 Å². The molecule has 0 bridgehead atoms. The quantitative estimate of drug-likeness (QED) is 0.248. The highest BCUT2D eigenvalue weighted by Gasteiger charge is 2.18. The number of nitrogens with zero attached hydrogens (tertiary/aromatic N) is 1. The van der Waals surface area contributed by atoms with Gasteiger partial charge in [0.15, 0.2) is 6.10 Å². The first-order valence-electron chi connectivity index (χ1n) is 7.72. The van der Waals surface area contributed by atoms with Crippen LogP contribution in [0.1, 0.15) is 22.8 Å². The van der Waals surface area contributed by atoms with Crippen molar-refractivity contribution >= 4 is 23.5 Å². The van der Waals surface area contributed by atoms with E-state index in [2.05, 4.69) is 0 Å². The van der Waals surface area contributed by atoms with Crippen molar-refractivity contribution < 1.29 is 24.0 Å². The molecule has 2 aromatic carbocycles.